The normalized spacial score (nSPS) is 12.2. The van der Waals surface area contributed by atoms with Gasteiger partial charge in [0.2, 0.25) is 5.13 Å². The molecule has 0 amide bonds. The van der Waals surface area contributed by atoms with E-state index < -0.39 is 0 Å². The van der Waals surface area contributed by atoms with Crippen LogP contribution in [0.2, 0.25) is 0 Å². The Labute approximate surface area is 149 Å². The maximum atomic E-state index is 6.04. The molecule has 0 saturated heterocycles. The van der Waals surface area contributed by atoms with Gasteiger partial charge in [0.1, 0.15) is 0 Å². The fourth-order valence-corrected chi connectivity index (χ4v) is 3.64. The minimum absolute atomic E-state index is 0.738. The van der Waals surface area contributed by atoms with Crippen LogP contribution in [0, 0.1) is 0 Å². The Balaban J connectivity index is 1.66. The summed E-state index contributed by atoms with van der Waals surface area (Å²) in [6, 6.07) is 26.0. The molecule has 0 radical (unpaired) electrons. The molecule has 0 saturated carbocycles. The molecule has 25 heavy (non-hydrogen) atoms. The predicted molar refractivity (Wildman–Crippen MR) is 100 cm³/mol. The molecule has 1 aliphatic rings. The molecule has 2 heterocycles. The lowest BCUT2D eigenvalue weighted by Gasteiger charge is -2.30. The number of fused-ring (bicyclic) bond motifs is 2. The molecule has 5 rings (SSSR count). The number of benzene rings is 3. The first-order chi connectivity index (χ1) is 12.4. The van der Waals surface area contributed by atoms with Crippen LogP contribution in [-0.4, -0.2) is 9.36 Å². The van der Waals surface area contributed by atoms with Crippen LogP contribution in [0.4, 0.5) is 16.5 Å². The summed E-state index contributed by atoms with van der Waals surface area (Å²) in [6.07, 6.45) is 0. The van der Waals surface area contributed by atoms with Gasteiger partial charge >= 0.3 is 0 Å². The van der Waals surface area contributed by atoms with Gasteiger partial charge < -0.3 is 4.74 Å². The summed E-state index contributed by atoms with van der Waals surface area (Å²) in [5.74, 6) is 2.37. The molecule has 4 aromatic rings. The molecule has 0 fully saturated rings. The molecule has 0 bridgehead atoms. The lowest BCUT2D eigenvalue weighted by Crippen LogP contribution is -2.15. The zero-order chi connectivity index (χ0) is 16.6. The summed E-state index contributed by atoms with van der Waals surface area (Å²) < 4.78 is 10.6. The van der Waals surface area contributed by atoms with Crippen LogP contribution in [-0.2, 0) is 0 Å². The molecular formula is C20H13N3OS. The Morgan fingerprint density at radius 2 is 1.32 bits per heavy atom. The van der Waals surface area contributed by atoms with E-state index in [1.807, 2.05) is 78.9 Å². The molecule has 1 aromatic heterocycles. The van der Waals surface area contributed by atoms with E-state index in [1.54, 1.807) is 0 Å². The molecule has 4 nitrogen and oxygen atoms in total. The van der Waals surface area contributed by atoms with Gasteiger partial charge in [0.25, 0.3) is 0 Å². The molecule has 3 aromatic carbocycles. The fourth-order valence-electron chi connectivity index (χ4n) is 2.92. The first kappa shape index (κ1) is 14.2. The van der Waals surface area contributed by atoms with E-state index in [0.29, 0.717) is 0 Å². The first-order valence-corrected chi connectivity index (χ1v) is 8.73. The van der Waals surface area contributed by atoms with Crippen LogP contribution in [0.1, 0.15) is 0 Å². The Morgan fingerprint density at radius 1 is 0.720 bits per heavy atom. The topological polar surface area (TPSA) is 38.2 Å². The molecule has 120 valence electrons. The van der Waals surface area contributed by atoms with Crippen LogP contribution < -0.4 is 9.64 Å². The molecule has 0 spiro atoms. The van der Waals surface area contributed by atoms with Crippen molar-refractivity contribution in [2.45, 2.75) is 0 Å². The highest BCUT2D eigenvalue weighted by Crippen LogP contribution is 2.50. The number of hydrogen-bond acceptors (Lipinski definition) is 5. The maximum absolute atomic E-state index is 6.04. The summed E-state index contributed by atoms with van der Waals surface area (Å²) in [5, 5.41) is 0.821. The molecule has 1 aliphatic heterocycles. The van der Waals surface area contributed by atoms with Crippen LogP contribution in [0.5, 0.6) is 11.5 Å². The van der Waals surface area contributed by atoms with Gasteiger partial charge in [-0.15, -0.1) is 0 Å². The van der Waals surface area contributed by atoms with Gasteiger partial charge in [0.15, 0.2) is 17.3 Å². The zero-order valence-electron chi connectivity index (χ0n) is 13.2. The van der Waals surface area contributed by atoms with Crippen molar-refractivity contribution in [1.29, 1.82) is 0 Å². The maximum Gasteiger partial charge on any atom is 0.214 e. The Kier molecular flexibility index (Phi) is 3.24. The minimum atomic E-state index is 0.738. The summed E-state index contributed by atoms with van der Waals surface area (Å²) >= 11 is 1.39. The summed E-state index contributed by atoms with van der Waals surface area (Å²) in [4.78, 5) is 6.89. The molecular weight excluding hydrogens is 330 g/mol. The van der Waals surface area contributed by atoms with Crippen molar-refractivity contribution in [2.75, 3.05) is 4.90 Å². The van der Waals surface area contributed by atoms with E-state index in [4.69, 9.17) is 9.72 Å². The number of aromatic nitrogens is 2. The van der Waals surface area contributed by atoms with Crippen LogP contribution in [0.25, 0.3) is 11.4 Å². The fraction of sp³-hybridized carbons (Fsp3) is 0. The largest absolute Gasteiger partial charge is 0.453 e. The molecule has 0 atom stereocenters. The number of rotatable bonds is 2. The highest BCUT2D eigenvalue weighted by Gasteiger charge is 2.27. The number of anilines is 3. The van der Waals surface area contributed by atoms with E-state index >= 15 is 0 Å². The van der Waals surface area contributed by atoms with Crippen molar-refractivity contribution in [3.05, 3.63) is 78.9 Å². The van der Waals surface area contributed by atoms with E-state index in [0.717, 1.165) is 39.4 Å². The standard InChI is InChI=1S/C20H13N3OS/c1-2-8-14(9-3-1)19-21-20(25-22-19)23-15-10-4-6-12-17(15)24-18-13-7-5-11-16(18)23/h1-13H. The third-order valence-electron chi connectivity index (χ3n) is 4.07. The Hall–Kier alpha value is -3.18. The second-order valence-electron chi connectivity index (χ2n) is 5.64. The van der Waals surface area contributed by atoms with Crippen LogP contribution in [0.15, 0.2) is 78.9 Å². The van der Waals surface area contributed by atoms with Crippen molar-refractivity contribution >= 4 is 28.0 Å². The second-order valence-corrected chi connectivity index (χ2v) is 6.37. The number of hydrogen-bond donors (Lipinski definition) is 0. The lowest BCUT2D eigenvalue weighted by atomic mass is 10.2. The first-order valence-electron chi connectivity index (χ1n) is 7.95. The van der Waals surface area contributed by atoms with Gasteiger partial charge in [-0.3, -0.25) is 4.90 Å². The van der Waals surface area contributed by atoms with Gasteiger partial charge in [-0.1, -0.05) is 54.6 Å². The quantitative estimate of drug-likeness (QED) is 0.407. The molecule has 0 aliphatic carbocycles. The van der Waals surface area contributed by atoms with Gasteiger partial charge in [0.05, 0.1) is 11.4 Å². The van der Waals surface area contributed by atoms with Crippen molar-refractivity contribution in [1.82, 2.24) is 9.36 Å². The third kappa shape index (κ3) is 2.37. The van der Waals surface area contributed by atoms with Gasteiger partial charge in [-0.2, -0.15) is 9.36 Å². The zero-order valence-corrected chi connectivity index (χ0v) is 14.0. The molecule has 5 heteroatoms. The number of ether oxygens (including phenoxy) is 1. The second kappa shape index (κ2) is 5.72. The van der Waals surface area contributed by atoms with Gasteiger partial charge in [-0.05, 0) is 24.3 Å². The van der Waals surface area contributed by atoms with Gasteiger partial charge in [0, 0.05) is 17.1 Å². The monoisotopic (exact) mass is 343 g/mol. The van der Waals surface area contributed by atoms with Crippen molar-refractivity contribution < 1.29 is 4.74 Å². The average Bonchev–Trinajstić information content (AvgIpc) is 3.16. The minimum Gasteiger partial charge on any atom is -0.453 e. The summed E-state index contributed by atoms with van der Waals surface area (Å²) in [7, 11) is 0. The van der Waals surface area contributed by atoms with E-state index in [9.17, 15) is 0 Å². The smallest absolute Gasteiger partial charge is 0.214 e. The SMILES string of the molecule is c1ccc(-c2nsc(N3c4ccccc4Oc4ccccc43)n2)cc1. The van der Waals surface area contributed by atoms with E-state index in [-0.39, 0.29) is 0 Å². The summed E-state index contributed by atoms with van der Waals surface area (Å²) in [5.41, 5.74) is 2.95. The average molecular weight is 343 g/mol. The number of para-hydroxylation sites is 4. The van der Waals surface area contributed by atoms with Crippen molar-refractivity contribution in [3.63, 3.8) is 0 Å². The van der Waals surface area contributed by atoms with E-state index in [2.05, 4.69) is 9.27 Å². The lowest BCUT2D eigenvalue weighted by molar-refractivity contribution is 0.477. The third-order valence-corrected chi connectivity index (χ3v) is 4.77. The van der Waals surface area contributed by atoms with Gasteiger partial charge in [-0.25, -0.2) is 0 Å². The number of nitrogens with zero attached hydrogens (tertiary/aromatic N) is 3. The highest BCUT2D eigenvalue weighted by molar-refractivity contribution is 7.10. The van der Waals surface area contributed by atoms with Crippen LogP contribution >= 0.6 is 11.5 Å². The van der Waals surface area contributed by atoms with Crippen molar-refractivity contribution in [3.8, 4) is 22.9 Å². The molecule has 0 N–H and O–H groups in total. The van der Waals surface area contributed by atoms with Crippen LogP contribution in [0.3, 0.4) is 0 Å². The molecule has 0 unspecified atom stereocenters. The Morgan fingerprint density at radius 3 is 2.00 bits per heavy atom. The van der Waals surface area contributed by atoms with Crippen molar-refractivity contribution in [2.24, 2.45) is 0 Å². The predicted octanol–water partition coefficient (Wildman–Crippen LogP) is 5.78. The Bertz CT molecular complexity index is 1000. The highest BCUT2D eigenvalue weighted by atomic mass is 32.1. The summed E-state index contributed by atoms with van der Waals surface area (Å²) in [6.45, 7) is 0. The van der Waals surface area contributed by atoms with E-state index in [1.165, 1.54) is 11.5 Å².